The van der Waals surface area contributed by atoms with E-state index in [2.05, 4.69) is 13.8 Å². The van der Waals surface area contributed by atoms with Gasteiger partial charge in [0.25, 0.3) is 0 Å². The van der Waals surface area contributed by atoms with E-state index in [0.29, 0.717) is 5.92 Å². The molecule has 0 aromatic rings. The Balaban J connectivity index is 3.99. The van der Waals surface area contributed by atoms with Crippen LogP contribution in [0.2, 0.25) is 0 Å². The van der Waals surface area contributed by atoms with Gasteiger partial charge in [-0.05, 0) is 26.2 Å². The van der Waals surface area contributed by atoms with Crippen molar-refractivity contribution in [3.8, 4) is 0 Å². The van der Waals surface area contributed by atoms with E-state index in [9.17, 15) is 4.79 Å². The standard InChI is InChI=1S/C12H24N2O/c1-9(2)8-12(15)14(5)7-6-11(13)10(3)4/h8,10-11H,6-7,13H2,1-5H3. The van der Waals surface area contributed by atoms with Gasteiger partial charge in [0.15, 0.2) is 0 Å². The van der Waals surface area contributed by atoms with Crippen molar-refractivity contribution in [2.24, 2.45) is 11.7 Å². The Hall–Kier alpha value is -0.830. The van der Waals surface area contributed by atoms with E-state index in [1.54, 1.807) is 11.0 Å². The van der Waals surface area contributed by atoms with Crippen LogP contribution in [0.4, 0.5) is 0 Å². The zero-order chi connectivity index (χ0) is 12.0. The molecule has 88 valence electrons. The monoisotopic (exact) mass is 212 g/mol. The number of hydrogen-bond donors (Lipinski definition) is 1. The lowest BCUT2D eigenvalue weighted by Crippen LogP contribution is -2.34. The fourth-order valence-electron chi connectivity index (χ4n) is 1.14. The third-order valence-electron chi connectivity index (χ3n) is 2.44. The summed E-state index contributed by atoms with van der Waals surface area (Å²) < 4.78 is 0. The van der Waals surface area contributed by atoms with Crippen LogP contribution < -0.4 is 5.73 Å². The molecular formula is C12H24N2O. The summed E-state index contributed by atoms with van der Waals surface area (Å²) in [4.78, 5) is 13.3. The third-order valence-corrected chi connectivity index (χ3v) is 2.44. The van der Waals surface area contributed by atoms with E-state index in [0.717, 1.165) is 18.5 Å². The van der Waals surface area contributed by atoms with E-state index in [-0.39, 0.29) is 11.9 Å². The van der Waals surface area contributed by atoms with Crippen LogP contribution in [0.5, 0.6) is 0 Å². The lowest BCUT2D eigenvalue weighted by Gasteiger charge is -2.20. The summed E-state index contributed by atoms with van der Waals surface area (Å²) in [5.74, 6) is 0.530. The van der Waals surface area contributed by atoms with Crippen molar-refractivity contribution in [2.45, 2.75) is 40.2 Å². The second-order valence-corrected chi connectivity index (χ2v) is 4.68. The van der Waals surface area contributed by atoms with Crippen molar-refractivity contribution in [3.05, 3.63) is 11.6 Å². The zero-order valence-electron chi connectivity index (χ0n) is 10.6. The minimum atomic E-state index is 0.0611. The molecule has 0 saturated carbocycles. The number of amides is 1. The lowest BCUT2D eigenvalue weighted by atomic mass is 10.0. The SMILES string of the molecule is CC(C)=CC(=O)N(C)CCC(N)C(C)C. The summed E-state index contributed by atoms with van der Waals surface area (Å²) in [5, 5.41) is 0. The lowest BCUT2D eigenvalue weighted by molar-refractivity contribution is -0.124. The van der Waals surface area contributed by atoms with Gasteiger partial charge in [-0.1, -0.05) is 19.4 Å². The molecule has 1 amide bonds. The summed E-state index contributed by atoms with van der Waals surface area (Å²) in [7, 11) is 1.81. The first-order chi connectivity index (χ1) is 6.84. The van der Waals surface area contributed by atoms with Crippen molar-refractivity contribution in [1.82, 2.24) is 4.90 Å². The molecule has 0 rings (SSSR count). The van der Waals surface area contributed by atoms with Gasteiger partial charge in [-0.2, -0.15) is 0 Å². The van der Waals surface area contributed by atoms with Crippen molar-refractivity contribution in [3.63, 3.8) is 0 Å². The maximum Gasteiger partial charge on any atom is 0.246 e. The normalized spacial score (nSPS) is 12.5. The zero-order valence-corrected chi connectivity index (χ0v) is 10.6. The van der Waals surface area contributed by atoms with Crippen LogP contribution in [0.15, 0.2) is 11.6 Å². The molecule has 1 atom stereocenters. The second-order valence-electron chi connectivity index (χ2n) is 4.68. The Morgan fingerprint density at radius 2 is 1.93 bits per heavy atom. The van der Waals surface area contributed by atoms with Gasteiger partial charge in [0, 0.05) is 25.7 Å². The molecule has 0 bridgehead atoms. The first-order valence-corrected chi connectivity index (χ1v) is 5.50. The number of nitrogens with two attached hydrogens (primary N) is 1. The summed E-state index contributed by atoms with van der Waals surface area (Å²) in [6.45, 7) is 8.77. The largest absolute Gasteiger partial charge is 0.342 e. The Morgan fingerprint density at radius 3 is 2.33 bits per heavy atom. The highest BCUT2D eigenvalue weighted by Crippen LogP contribution is 2.04. The predicted molar refractivity (Wildman–Crippen MR) is 64.5 cm³/mol. The highest BCUT2D eigenvalue weighted by atomic mass is 16.2. The number of likely N-dealkylation sites (N-methyl/N-ethyl adjacent to an activating group) is 1. The number of nitrogens with zero attached hydrogens (tertiary/aromatic N) is 1. The van der Waals surface area contributed by atoms with Crippen molar-refractivity contribution in [2.75, 3.05) is 13.6 Å². The first-order valence-electron chi connectivity index (χ1n) is 5.50. The van der Waals surface area contributed by atoms with Crippen LogP contribution >= 0.6 is 0 Å². The number of hydrogen-bond acceptors (Lipinski definition) is 2. The van der Waals surface area contributed by atoms with Crippen LogP contribution in [0.3, 0.4) is 0 Å². The van der Waals surface area contributed by atoms with Crippen LogP contribution in [0.1, 0.15) is 34.1 Å². The smallest absolute Gasteiger partial charge is 0.246 e. The molecule has 0 aliphatic carbocycles. The van der Waals surface area contributed by atoms with Gasteiger partial charge in [0.1, 0.15) is 0 Å². The molecule has 0 radical (unpaired) electrons. The molecule has 3 nitrogen and oxygen atoms in total. The molecule has 1 unspecified atom stereocenters. The summed E-state index contributed by atoms with van der Waals surface area (Å²) in [5.41, 5.74) is 6.94. The molecule has 15 heavy (non-hydrogen) atoms. The molecule has 0 fully saturated rings. The molecule has 0 aliphatic heterocycles. The van der Waals surface area contributed by atoms with E-state index in [1.165, 1.54) is 0 Å². The molecule has 0 saturated heterocycles. The number of rotatable bonds is 5. The Bertz CT molecular complexity index is 230. The number of carbonyl (C=O) groups excluding carboxylic acids is 1. The summed E-state index contributed by atoms with van der Waals surface area (Å²) >= 11 is 0. The highest BCUT2D eigenvalue weighted by molar-refractivity contribution is 5.87. The van der Waals surface area contributed by atoms with Crippen molar-refractivity contribution in [1.29, 1.82) is 0 Å². The van der Waals surface area contributed by atoms with Crippen LogP contribution in [-0.2, 0) is 4.79 Å². The minimum Gasteiger partial charge on any atom is -0.342 e. The summed E-state index contributed by atoms with van der Waals surface area (Å²) in [6.07, 6.45) is 2.51. The fourth-order valence-corrected chi connectivity index (χ4v) is 1.14. The van der Waals surface area contributed by atoms with Crippen molar-refractivity contribution < 1.29 is 4.79 Å². The topological polar surface area (TPSA) is 46.3 Å². The molecule has 0 aliphatic rings. The molecule has 0 aromatic heterocycles. The average Bonchev–Trinajstić information content (AvgIpc) is 2.12. The van der Waals surface area contributed by atoms with Crippen LogP contribution in [0.25, 0.3) is 0 Å². The van der Waals surface area contributed by atoms with E-state index >= 15 is 0 Å². The maximum atomic E-state index is 11.5. The van der Waals surface area contributed by atoms with E-state index < -0.39 is 0 Å². The average molecular weight is 212 g/mol. The van der Waals surface area contributed by atoms with E-state index in [1.807, 2.05) is 20.9 Å². The Morgan fingerprint density at radius 1 is 1.40 bits per heavy atom. The minimum absolute atomic E-state index is 0.0611. The van der Waals surface area contributed by atoms with Gasteiger partial charge < -0.3 is 10.6 Å². The maximum absolute atomic E-state index is 11.5. The fraction of sp³-hybridized carbons (Fsp3) is 0.750. The quantitative estimate of drug-likeness (QED) is 0.706. The van der Waals surface area contributed by atoms with Gasteiger partial charge >= 0.3 is 0 Å². The molecule has 0 spiro atoms. The molecule has 0 aromatic carbocycles. The molecule has 3 heteroatoms. The van der Waals surface area contributed by atoms with Gasteiger partial charge in [0.2, 0.25) is 5.91 Å². The first kappa shape index (κ1) is 14.2. The molecule has 0 heterocycles. The molecular weight excluding hydrogens is 188 g/mol. The van der Waals surface area contributed by atoms with Gasteiger partial charge in [0.05, 0.1) is 0 Å². The van der Waals surface area contributed by atoms with Crippen molar-refractivity contribution >= 4 is 5.91 Å². The molecule has 2 N–H and O–H groups in total. The van der Waals surface area contributed by atoms with Gasteiger partial charge in [-0.3, -0.25) is 4.79 Å². The highest BCUT2D eigenvalue weighted by Gasteiger charge is 2.10. The third kappa shape index (κ3) is 6.28. The second kappa shape index (κ2) is 6.62. The predicted octanol–water partition coefficient (Wildman–Crippen LogP) is 1.78. The van der Waals surface area contributed by atoms with E-state index in [4.69, 9.17) is 5.73 Å². The van der Waals surface area contributed by atoms with Crippen LogP contribution in [0, 0.1) is 5.92 Å². The van der Waals surface area contributed by atoms with Crippen LogP contribution in [-0.4, -0.2) is 30.4 Å². The Kier molecular flexibility index (Phi) is 6.25. The number of allylic oxidation sites excluding steroid dienone is 1. The Labute approximate surface area is 93.3 Å². The number of carbonyl (C=O) groups is 1. The van der Waals surface area contributed by atoms with Gasteiger partial charge in [-0.15, -0.1) is 0 Å². The van der Waals surface area contributed by atoms with Gasteiger partial charge in [-0.25, -0.2) is 0 Å². The summed E-state index contributed by atoms with van der Waals surface area (Å²) in [6, 6.07) is 0.173.